The van der Waals surface area contributed by atoms with Crippen molar-refractivity contribution in [1.82, 2.24) is 0 Å². The van der Waals surface area contributed by atoms with E-state index in [9.17, 15) is 4.79 Å². The summed E-state index contributed by atoms with van der Waals surface area (Å²) in [6.45, 7) is 4.08. The van der Waals surface area contributed by atoms with Crippen molar-refractivity contribution in [2.24, 2.45) is 0 Å². The van der Waals surface area contributed by atoms with Gasteiger partial charge in [0.05, 0.1) is 13.1 Å². The minimum Gasteiger partial charge on any atom is -0.321 e. The number of hydrogen-bond acceptors (Lipinski definition) is 1. The van der Waals surface area contributed by atoms with Crippen LogP contribution in [0.2, 0.25) is 5.02 Å². The molecule has 23 heavy (non-hydrogen) atoms. The van der Waals surface area contributed by atoms with E-state index in [1.54, 1.807) is 0 Å². The van der Waals surface area contributed by atoms with E-state index >= 15 is 0 Å². The van der Waals surface area contributed by atoms with Crippen LogP contribution >= 0.6 is 11.6 Å². The van der Waals surface area contributed by atoms with Crippen molar-refractivity contribution in [3.8, 4) is 0 Å². The largest absolute Gasteiger partial charge is 0.321 e. The van der Waals surface area contributed by atoms with Gasteiger partial charge in [0.25, 0.3) is 5.91 Å². The molecule has 0 aliphatic carbocycles. The van der Waals surface area contributed by atoms with Crippen molar-refractivity contribution in [3.63, 3.8) is 0 Å². The molecule has 0 bridgehead atoms. The van der Waals surface area contributed by atoms with E-state index < -0.39 is 0 Å². The van der Waals surface area contributed by atoms with Crippen LogP contribution in [0.3, 0.4) is 0 Å². The van der Waals surface area contributed by atoms with Crippen LogP contribution in [0, 0.1) is 6.92 Å². The van der Waals surface area contributed by atoms with Crippen molar-refractivity contribution in [2.75, 3.05) is 18.4 Å². The van der Waals surface area contributed by atoms with E-state index in [1.807, 2.05) is 55.5 Å². The summed E-state index contributed by atoms with van der Waals surface area (Å²) in [6.07, 6.45) is 2.36. The Hall–Kier alpha value is -1.84. The van der Waals surface area contributed by atoms with Gasteiger partial charge in [0.1, 0.15) is 0 Å². The van der Waals surface area contributed by atoms with Crippen molar-refractivity contribution >= 4 is 23.2 Å². The molecule has 4 heteroatoms. The third-order valence-corrected chi connectivity index (χ3v) is 4.77. The number of hydrogen-bond donors (Lipinski definition) is 2. The first kappa shape index (κ1) is 16.0. The fourth-order valence-electron chi connectivity index (χ4n) is 3.26. The Labute approximate surface area is 142 Å². The van der Waals surface area contributed by atoms with Gasteiger partial charge < -0.3 is 10.2 Å². The topological polar surface area (TPSA) is 33.5 Å². The second-order valence-electron chi connectivity index (χ2n) is 6.15. The third kappa shape index (κ3) is 3.74. The van der Waals surface area contributed by atoms with Gasteiger partial charge in [-0.15, -0.1) is 0 Å². The molecule has 0 aromatic heterocycles. The zero-order chi connectivity index (χ0) is 16.2. The Balaban J connectivity index is 1.87. The highest BCUT2D eigenvalue weighted by atomic mass is 35.5. The van der Waals surface area contributed by atoms with E-state index in [4.69, 9.17) is 11.6 Å². The van der Waals surface area contributed by atoms with Crippen LogP contribution in [0.25, 0.3) is 0 Å². The Kier molecular flexibility index (Phi) is 4.99. The van der Waals surface area contributed by atoms with Crippen LogP contribution in [0.4, 0.5) is 5.69 Å². The van der Waals surface area contributed by atoms with Gasteiger partial charge in [-0.3, -0.25) is 4.79 Å². The molecule has 0 radical (unpaired) electrons. The molecule has 1 aliphatic rings. The molecule has 3 rings (SSSR count). The molecule has 0 unspecified atom stereocenters. The number of amides is 1. The lowest BCUT2D eigenvalue weighted by Gasteiger charge is -2.24. The maximum absolute atomic E-state index is 13.0. The maximum atomic E-state index is 13.0. The van der Waals surface area contributed by atoms with E-state index in [1.165, 1.54) is 17.7 Å². The summed E-state index contributed by atoms with van der Waals surface area (Å²) in [6, 6.07) is 15.4. The average molecular weight is 330 g/mol. The van der Waals surface area contributed by atoms with Gasteiger partial charge in [0.2, 0.25) is 0 Å². The zero-order valence-corrected chi connectivity index (χ0v) is 14.1. The minimum atomic E-state index is -0.186. The number of halogens is 1. The molecular formula is C19H22ClN2O+. The van der Waals surface area contributed by atoms with Crippen LogP contribution in [-0.4, -0.2) is 19.0 Å². The smallest absolute Gasteiger partial charge is 0.287 e. The molecule has 2 aromatic carbocycles. The third-order valence-electron chi connectivity index (χ3n) is 4.52. The summed E-state index contributed by atoms with van der Waals surface area (Å²) in [5, 5.41) is 3.80. The molecule has 1 aliphatic heterocycles. The second-order valence-corrected chi connectivity index (χ2v) is 6.59. The fraction of sp³-hybridized carbons (Fsp3) is 0.316. The van der Waals surface area contributed by atoms with Gasteiger partial charge in [-0.2, -0.15) is 0 Å². The summed E-state index contributed by atoms with van der Waals surface area (Å²) in [5.74, 6) is 0.0542. The highest BCUT2D eigenvalue weighted by Gasteiger charge is 2.33. The fourth-order valence-corrected chi connectivity index (χ4v) is 3.39. The molecule has 1 heterocycles. The van der Waals surface area contributed by atoms with Crippen molar-refractivity contribution in [1.29, 1.82) is 0 Å². The number of aryl methyl sites for hydroxylation is 1. The highest BCUT2D eigenvalue weighted by Crippen LogP contribution is 2.19. The Morgan fingerprint density at radius 1 is 1.09 bits per heavy atom. The highest BCUT2D eigenvalue weighted by molar-refractivity contribution is 6.30. The van der Waals surface area contributed by atoms with Crippen LogP contribution < -0.4 is 10.2 Å². The quantitative estimate of drug-likeness (QED) is 0.888. The van der Waals surface area contributed by atoms with Crippen LogP contribution in [-0.2, 0) is 4.79 Å². The number of nitrogens with one attached hydrogen (secondary N) is 2. The van der Waals surface area contributed by atoms with Crippen molar-refractivity contribution in [2.45, 2.75) is 25.8 Å². The summed E-state index contributed by atoms with van der Waals surface area (Å²) in [7, 11) is 0. The SMILES string of the molecule is Cc1ccccc1NC(=O)[C@H](c1ccc(Cl)cc1)[NH+]1CCCC1. The predicted octanol–water partition coefficient (Wildman–Crippen LogP) is 3.01. The lowest BCUT2D eigenvalue weighted by molar-refractivity contribution is -0.909. The molecule has 2 N–H and O–H groups in total. The molecule has 120 valence electrons. The Morgan fingerprint density at radius 2 is 1.74 bits per heavy atom. The number of para-hydroxylation sites is 1. The number of carbonyl (C=O) groups is 1. The summed E-state index contributed by atoms with van der Waals surface area (Å²) < 4.78 is 0. The monoisotopic (exact) mass is 329 g/mol. The molecule has 1 amide bonds. The first-order valence-corrected chi connectivity index (χ1v) is 8.49. The maximum Gasteiger partial charge on any atom is 0.287 e. The summed E-state index contributed by atoms with van der Waals surface area (Å²) >= 11 is 6.00. The molecule has 1 saturated heterocycles. The normalized spacial score (nSPS) is 16.3. The average Bonchev–Trinajstić information content (AvgIpc) is 3.06. The Bertz CT molecular complexity index is 678. The van der Waals surface area contributed by atoms with Gasteiger partial charge in [-0.1, -0.05) is 41.9 Å². The first-order chi connectivity index (χ1) is 11.1. The van der Waals surface area contributed by atoms with Crippen molar-refractivity contribution in [3.05, 3.63) is 64.7 Å². The summed E-state index contributed by atoms with van der Waals surface area (Å²) in [4.78, 5) is 14.3. The standard InChI is InChI=1S/C19H21ClN2O/c1-14-6-2-3-7-17(14)21-19(23)18(22-12-4-5-13-22)15-8-10-16(20)11-9-15/h2-3,6-11,18H,4-5,12-13H2,1H3,(H,21,23)/p+1/t18-/m0/s1. The number of likely N-dealkylation sites (tertiary alicyclic amines) is 1. The molecule has 3 nitrogen and oxygen atoms in total. The van der Waals surface area contributed by atoms with Crippen molar-refractivity contribution < 1.29 is 9.69 Å². The van der Waals surface area contributed by atoms with Crippen LogP contribution in [0.15, 0.2) is 48.5 Å². The number of rotatable bonds is 4. The molecule has 2 aromatic rings. The van der Waals surface area contributed by atoms with Gasteiger partial charge in [-0.05, 0) is 30.7 Å². The first-order valence-electron chi connectivity index (χ1n) is 8.11. The van der Waals surface area contributed by atoms with E-state index in [0.717, 1.165) is 29.9 Å². The molecule has 0 saturated carbocycles. The summed E-state index contributed by atoms with van der Waals surface area (Å²) in [5.41, 5.74) is 2.99. The van der Waals surface area contributed by atoms with Gasteiger partial charge in [0, 0.05) is 29.1 Å². The minimum absolute atomic E-state index is 0.0542. The molecular weight excluding hydrogens is 308 g/mol. The van der Waals surface area contributed by atoms with Gasteiger partial charge in [0.15, 0.2) is 6.04 Å². The Morgan fingerprint density at radius 3 is 2.39 bits per heavy atom. The van der Waals surface area contributed by atoms with E-state index in [0.29, 0.717) is 5.02 Å². The van der Waals surface area contributed by atoms with E-state index in [-0.39, 0.29) is 11.9 Å². The molecule has 0 spiro atoms. The lowest BCUT2D eigenvalue weighted by Crippen LogP contribution is -3.11. The predicted molar refractivity (Wildman–Crippen MR) is 93.9 cm³/mol. The zero-order valence-electron chi connectivity index (χ0n) is 13.3. The number of anilines is 1. The number of benzene rings is 2. The second kappa shape index (κ2) is 7.16. The van der Waals surface area contributed by atoms with Gasteiger partial charge >= 0.3 is 0 Å². The molecule has 1 fully saturated rings. The molecule has 1 atom stereocenters. The lowest BCUT2D eigenvalue weighted by atomic mass is 10.0. The van der Waals surface area contributed by atoms with E-state index in [2.05, 4.69) is 5.32 Å². The van der Waals surface area contributed by atoms with Gasteiger partial charge in [-0.25, -0.2) is 0 Å². The van der Waals surface area contributed by atoms with Crippen LogP contribution in [0.5, 0.6) is 0 Å². The number of carbonyl (C=O) groups excluding carboxylic acids is 1. The number of quaternary nitrogens is 1. The van der Waals surface area contributed by atoms with Crippen LogP contribution in [0.1, 0.15) is 30.0 Å².